The topological polar surface area (TPSA) is 58.8 Å². The van der Waals surface area contributed by atoms with E-state index >= 15 is 0 Å². The molecule has 0 aliphatic carbocycles. The van der Waals surface area contributed by atoms with Crippen molar-refractivity contribution in [2.45, 2.75) is 6.42 Å². The Bertz CT molecular complexity index is 548. The van der Waals surface area contributed by atoms with Gasteiger partial charge in [-0.25, -0.2) is 9.97 Å². The molecule has 4 nitrogen and oxygen atoms in total. The standard InChI is InChI=1S/C12H8IN3O/c13-11-7-15-8-16-12(11)17-10-3-1-9(2-4-10)5-6-14/h1-4,7-8H,5H2. The monoisotopic (exact) mass is 337 g/mol. The van der Waals surface area contributed by atoms with Gasteiger partial charge < -0.3 is 4.74 Å². The Labute approximate surface area is 112 Å². The van der Waals surface area contributed by atoms with Gasteiger partial charge in [0.1, 0.15) is 12.1 Å². The van der Waals surface area contributed by atoms with Crippen LogP contribution in [0, 0.1) is 14.9 Å². The second kappa shape index (κ2) is 5.59. The van der Waals surface area contributed by atoms with E-state index in [0.29, 0.717) is 18.1 Å². The molecule has 0 atom stereocenters. The maximum absolute atomic E-state index is 8.56. The van der Waals surface area contributed by atoms with Gasteiger partial charge >= 0.3 is 0 Å². The predicted molar refractivity (Wildman–Crippen MR) is 70.6 cm³/mol. The summed E-state index contributed by atoms with van der Waals surface area (Å²) in [6, 6.07) is 9.48. The summed E-state index contributed by atoms with van der Waals surface area (Å²) in [5, 5.41) is 8.56. The summed E-state index contributed by atoms with van der Waals surface area (Å²) >= 11 is 2.11. The van der Waals surface area contributed by atoms with E-state index < -0.39 is 0 Å². The van der Waals surface area contributed by atoms with Gasteiger partial charge in [-0.3, -0.25) is 0 Å². The SMILES string of the molecule is N#CCc1ccc(Oc2ncncc2I)cc1. The molecule has 0 N–H and O–H groups in total. The van der Waals surface area contributed by atoms with Crippen molar-refractivity contribution < 1.29 is 4.74 Å². The van der Waals surface area contributed by atoms with Crippen molar-refractivity contribution in [3.63, 3.8) is 0 Å². The summed E-state index contributed by atoms with van der Waals surface area (Å²) in [6.45, 7) is 0. The maximum Gasteiger partial charge on any atom is 0.235 e. The first-order valence-corrected chi connectivity index (χ1v) is 5.96. The van der Waals surface area contributed by atoms with Gasteiger partial charge in [0, 0.05) is 6.20 Å². The number of nitrogens with zero attached hydrogens (tertiary/aromatic N) is 3. The first kappa shape index (κ1) is 11.8. The van der Waals surface area contributed by atoms with Crippen molar-refractivity contribution in [3.8, 4) is 17.7 Å². The third-order valence-corrected chi connectivity index (χ3v) is 2.79. The first-order chi connectivity index (χ1) is 8.29. The molecule has 0 spiro atoms. The molecule has 0 radical (unpaired) electrons. The van der Waals surface area contributed by atoms with Crippen LogP contribution in [0.3, 0.4) is 0 Å². The van der Waals surface area contributed by atoms with E-state index in [0.717, 1.165) is 9.13 Å². The molecule has 84 valence electrons. The van der Waals surface area contributed by atoms with Crippen molar-refractivity contribution >= 4 is 22.6 Å². The quantitative estimate of drug-likeness (QED) is 0.808. The van der Waals surface area contributed by atoms with Crippen molar-refractivity contribution in [1.82, 2.24) is 9.97 Å². The highest BCUT2D eigenvalue weighted by atomic mass is 127. The molecule has 0 aliphatic heterocycles. The van der Waals surface area contributed by atoms with Gasteiger partial charge in [-0.15, -0.1) is 0 Å². The smallest absolute Gasteiger partial charge is 0.235 e. The van der Waals surface area contributed by atoms with Crippen LogP contribution in [0.4, 0.5) is 0 Å². The third kappa shape index (κ3) is 3.14. The minimum absolute atomic E-state index is 0.408. The van der Waals surface area contributed by atoms with E-state index in [1.54, 1.807) is 6.20 Å². The number of nitriles is 1. The molecule has 1 heterocycles. The maximum atomic E-state index is 8.56. The van der Waals surface area contributed by atoms with E-state index in [4.69, 9.17) is 10.00 Å². The molecular formula is C12H8IN3O. The van der Waals surface area contributed by atoms with Gasteiger partial charge in [-0.05, 0) is 40.3 Å². The Balaban J connectivity index is 2.15. The summed E-state index contributed by atoms with van der Waals surface area (Å²) in [5.74, 6) is 1.23. The van der Waals surface area contributed by atoms with Gasteiger partial charge in [0.2, 0.25) is 5.88 Å². The molecule has 17 heavy (non-hydrogen) atoms. The molecule has 0 fully saturated rings. The number of aromatic nitrogens is 2. The van der Waals surface area contributed by atoms with Crippen molar-refractivity contribution in [2.24, 2.45) is 0 Å². The Hall–Kier alpha value is -1.68. The van der Waals surface area contributed by atoms with E-state index in [1.165, 1.54) is 6.33 Å². The van der Waals surface area contributed by atoms with Crippen LogP contribution in [0.2, 0.25) is 0 Å². The van der Waals surface area contributed by atoms with Crippen LogP contribution in [0.25, 0.3) is 0 Å². The normalized spacial score (nSPS) is 9.65. The van der Waals surface area contributed by atoms with Crippen molar-refractivity contribution in [2.75, 3.05) is 0 Å². The number of hydrogen-bond acceptors (Lipinski definition) is 4. The lowest BCUT2D eigenvalue weighted by atomic mass is 10.2. The largest absolute Gasteiger partial charge is 0.438 e. The van der Waals surface area contributed by atoms with Crippen LogP contribution < -0.4 is 4.74 Å². The average Bonchev–Trinajstić information content (AvgIpc) is 2.35. The van der Waals surface area contributed by atoms with Crippen LogP contribution in [0.15, 0.2) is 36.8 Å². The molecule has 0 saturated carbocycles. The van der Waals surface area contributed by atoms with Crippen LogP contribution >= 0.6 is 22.6 Å². The van der Waals surface area contributed by atoms with Crippen LogP contribution in [0.5, 0.6) is 11.6 Å². The number of halogens is 1. The zero-order valence-corrected chi connectivity index (χ0v) is 11.0. The van der Waals surface area contributed by atoms with Crippen molar-refractivity contribution in [3.05, 3.63) is 45.9 Å². The van der Waals surface area contributed by atoms with Crippen LogP contribution in [0.1, 0.15) is 5.56 Å². The predicted octanol–water partition coefficient (Wildman–Crippen LogP) is 2.94. The molecule has 2 rings (SSSR count). The molecule has 0 aliphatic rings. The summed E-state index contributed by atoms with van der Waals surface area (Å²) < 4.78 is 6.45. The fourth-order valence-electron chi connectivity index (χ4n) is 1.25. The highest BCUT2D eigenvalue weighted by molar-refractivity contribution is 14.1. The minimum Gasteiger partial charge on any atom is -0.438 e. The average molecular weight is 337 g/mol. The Morgan fingerprint density at radius 2 is 2.06 bits per heavy atom. The third-order valence-electron chi connectivity index (χ3n) is 2.05. The summed E-state index contributed by atoms with van der Waals surface area (Å²) in [7, 11) is 0. The summed E-state index contributed by atoms with van der Waals surface area (Å²) in [4.78, 5) is 7.93. The molecule has 1 aromatic heterocycles. The molecule has 1 aromatic carbocycles. The van der Waals surface area contributed by atoms with E-state index in [9.17, 15) is 0 Å². The molecule has 0 unspecified atom stereocenters. The van der Waals surface area contributed by atoms with Gasteiger partial charge in [0.15, 0.2) is 0 Å². The molecule has 0 saturated heterocycles. The molecule has 0 amide bonds. The lowest BCUT2D eigenvalue weighted by Gasteiger charge is -2.05. The van der Waals surface area contributed by atoms with E-state index in [2.05, 4.69) is 38.6 Å². The first-order valence-electron chi connectivity index (χ1n) is 4.89. The fraction of sp³-hybridized carbons (Fsp3) is 0.0833. The van der Waals surface area contributed by atoms with E-state index in [-0.39, 0.29) is 0 Å². The number of hydrogen-bond donors (Lipinski definition) is 0. The molecule has 2 aromatic rings. The minimum atomic E-state index is 0.408. The lowest BCUT2D eigenvalue weighted by molar-refractivity contribution is 0.457. The number of ether oxygens (including phenoxy) is 1. The van der Waals surface area contributed by atoms with Crippen LogP contribution in [-0.2, 0) is 6.42 Å². The van der Waals surface area contributed by atoms with Gasteiger partial charge in [0.25, 0.3) is 0 Å². The highest BCUT2D eigenvalue weighted by Gasteiger charge is 2.03. The second-order valence-electron chi connectivity index (χ2n) is 3.26. The molecule has 0 bridgehead atoms. The zero-order valence-electron chi connectivity index (χ0n) is 8.80. The van der Waals surface area contributed by atoms with Gasteiger partial charge in [-0.2, -0.15) is 5.26 Å². The van der Waals surface area contributed by atoms with Gasteiger partial charge in [-0.1, -0.05) is 12.1 Å². The van der Waals surface area contributed by atoms with E-state index in [1.807, 2.05) is 24.3 Å². The Morgan fingerprint density at radius 1 is 1.29 bits per heavy atom. The summed E-state index contributed by atoms with van der Waals surface area (Å²) in [6.07, 6.45) is 3.54. The second-order valence-corrected chi connectivity index (χ2v) is 4.42. The summed E-state index contributed by atoms with van der Waals surface area (Å²) in [5.41, 5.74) is 0.970. The highest BCUT2D eigenvalue weighted by Crippen LogP contribution is 2.23. The molecule has 5 heteroatoms. The zero-order chi connectivity index (χ0) is 12.1. The Morgan fingerprint density at radius 3 is 2.71 bits per heavy atom. The van der Waals surface area contributed by atoms with Crippen LogP contribution in [-0.4, -0.2) is 9.97 Å². The Kier molecular flexibility index (Phi) is 3.88. The number of benzene rings is 1. The van der Waals surface area contributed by atoms with Crippen molar-refractivity contribution in [1.29, 1.82) is 5.26 Å². The number of rotatable bonds is 3. The fourth-order valence-corrected chi connectivity index (χ4v) is 1.66. The van der Waals surface area contributed by atoms with Gasteiger partial charge in [0.05, 0.1) is 16.1 Å². The lowest BCUT2D eigenvalue weighted by Crippen LogP contribution is -1.92. The molecular weight excluding hydrogens is 329 g/mol.